The van der Waals surface area contributed by atoms with Gasteiger partial charge in [-0.15, -0.1) is 0 Å². The highest BCUT2D eigenvalue weighted by atomic mass is 16.2. The molecule has 102 valence electrons. The first-order valence-corrected chi connectivity index (χ1v) is 6.99. The highest BCUT2D eigenvalue weighted by Gasteiger charge is 2.50. The average molecular weight is 259 g/mol. The summed E-state index contributed by atoms with van der Waals surface area (Å²) < 4.78 is 0. The first-order chi connectivity index (χ1) is 9.09. The Hall–Kier alpha value is -1.42. The van der Waals surface area contributed by atoms with Crippen molar-refractivity contribution in [1.82, 2.24) is 15.2 Å². The van der Waals surface area contributed by atoms with Gasteiger partial charge in [-0.05, 0) is 43.4 Å². The van der Waals surface area contributed by atoms with Crippen molar-refractivity contribution in [2.75, 3.05) is 19.6 Å². The van der Waals surface area contributed by atoms with Gasteiger partial charge < -0.3 is 10.2 Å². The number of hydrogen-bond donors (Lipinski definition) is 1. The number of nitrogens with zero attached hydrogens (tertiary/aromatic N) is 2. The van der Waals surface area contributed by atoms with E-state index in [1.165, 1.54) is 0 Å². The molecule has 2 aliphatic heterocycles. The molecule has 0 bridgehead atoms. The fourth-order valence-corrected chi connectivity index (χ4v) is 3.62. The zero-order chi connectivity index (χ0) is 13.5. The lowest BCUT2D eigenvalue weighted by Crippen LogP contribution is -2.48. The Labute approximate surface area is 114 Å². The third-order valence-electron chi connectivity index (χ3n) is 4.77. The van der Waals surface area contributed by atoms with Crippen molar-refractivity contribution in [2.24, 2.45) is 11.8 Å². The highest BCUT2D eigenvalue weighted by Crippen LogP contribution is 2.40. The summed E-state index contributed by atoms with van der Waals surface area (Å²) in [4.78, 5) is 18.6. The van der Waals surface area contributed by atoms with Crippen molar-refractivity contribution in [3.8, 4) is 0 Å². The SMILES string of the molecule is CC1(C)C2CNCC2CN1C(=O)Cc1ccncc1. The van der Waals surface area contributed by atoms with Gasteiger partial charge in [-0.2, -0.15) is 0 Å². The van der Waals surface area contributed by atoms with Crippen molar-refractivity contribution < 1.29 is 4.79 Å². The summed E-state index contributed by atoms with van der Waals surface area (Å²) in [6.45, 7) is 7.39. The lowest BCUT2D eigenvalue weighted by atomic mass is 9.85. The number of rotatable bonds is 2. The molecular weight excluding hydrogens is 238 g/mol. The first kappa shape index (κ1) is 12.6. The fraction of sp³-hybridized carbons (Fsp3) is 0.600. The van der Waals surface area contributed by atoms with Crippen LogP contribution in [0, 0.1) is 11.8 Å². The minimum absolute atomic E-state index is 0.0295. The Morgan fingerprint density at radius 2 is 2.16 bits per heavy atom. The second kappa shape index (κ2) is 4.60. The van der Waals surface area contributed by atoms with Crippen molar-refractivity contribution in [1.29, 1.82) is 0 Å². The lowest BCUT2D eigenvalue weighted by Gasteiger charge is -2.35. The van der Waals surface area contributed by atoms with Crippen LogP contribution in [0.1, 0.15) is 19.4 Å². The minimum Gasteiger partial charge on any atom is -0.337 e. The third kappa shape index (κ3) is 2.14. The highest BCUT2D eigenvalue weighted by molar-refractivity contribution is 5.80. The molecule has 0 aromatic carbocycles. The Balaban J connectivity index is 1.74. The number of hydrogen-bond acceptors (Lipinski definition) is 3. The second-order valence-corrected chi connectivity index (χ2v) is 6.22. The Morgan fingerprint density at radius 3 is 2.84 bits per heavy atom. The van der Waals surface area contributed by atoms with Gasteiger partial charge in [0.2, 0.25) is 5.91 Å². The Morgan fingerprint density at radius 1 is 1.42 bits per heavy atom. The first-order valence-electron chi connectivity index (χ1n) is 6.99. The predicted molar refractivity (Wildman–Crippen MR) is 73.6 cm³/mol. The predicted octanol–water partition coefficient (Wildman–Crippen LogP) is 1.08. The molecule has 19 heavy (non-hydrogen) atoms. The molecule has 0 saturated carbocycles. The van der Waals surface area contributed by atoms with Crippen LogP contribution < -0.4 is 5.32 Å². The van der Waals surface area contributed by atoms with Gasteiger partial charge in [0.05, 0.1) is 6.42 Å². The molecule has 4 heteroatoms. The van der Waals surface area contributed by atoms with E-state index >= 15 is 0 Å². The molecule has 2 saturated heterocycles. The molecule has 1 amide bonds. The molecule has 2 fully saturated rings. The van der Waals surface area contributed by atoms with Crippen LogP contribution in [0.15, 0.2) is 24.5 Å². The minimum atomic E-state index is -0.0295. The zero-order valence-corrected chi connectivity index (χ0v) is 11.6. The Bertz CT molecular complexity index is 472. The summed E-state index contributed by atoms with van der Waals surface area (Å²) in [5.41, 5.74) is 1.02. The van der Waals surface area contributed by atoms with E-state index in [9.17, 15) is 4.79 Å². The van der Waals surface area contributed by atoms with Crippen molar-refractivity contribution in [3.63, 3.8) is 0 Å². The normalized spacial score (nSPS) is 28.4. The maximum Gasteiger partial charge on any atom is 0.227 e. The van der Waals surface area contributed by atoms with Crippen LogP contribution in [0.5, 0.6) is 0 Å². The van der Waals surface area contributed by atoms with Crippen LogP contribution >= 0.6 is 0 Å². The molecule has 3 rings (SSSR count). The van der Waals surface area contributed by atoms with E-state index < -0.39 is 0 Å². The van der Waals surface area contributed by atoms with Gasteiger partial charge in [0, 0.05) is 37.6 Å². The van der Waals surface area contributed by atoms with Gasteiger partial charge in [-0.1, -0.05) is 0 Å². The summed E-state index contributed by atoms with van der Waals surface area (Å²) in [6.07, 6.45) is 3.98. The summed E-state index contributed by atoms with van der Waals surface area (Å²) >= 11 is 0. The van der Waals surface area contributed by atoms with E-state index in [1.807, 2.05) is 12.1 Å². The summed E-state index contributed by atoms with van der Waals surface area (Å²) in [6, 6.07) is 3.84. The number of aromatic nitrogens is 1. The van der Waals surface area contributed by atoms with Crippen molar-refractivity contribution >= 4 is 5.91 Å². The maximum absolute atomic E-state index is 12.5. The van der Waals surface area contributed by atoms with Crippen molar-refractivity contribution in [3.05, 3.63) is 30.1 Å². The van der Waals surface area contributed by atoms with Crippen molar-refractivity contribution in [2.45, 2.75) is 25.8 Å². The molecule has 2 unspecified atom stereocenters. The number of carbonyl (C=O) groups is 1. The van der Waals surface area contributed by atoms with Gasteiger partial charge in [0.15, 0.2) is 0 Å². The smallest absolute Gasteiger partial charge is 0.227 e. The van der Waals surface area contributed by atoms with Gasteiger partial charge in [-0.25, -0.2) is 0 Å². The molecule has 0 radical (unpaired) electrons. The van der Waals surface area contributed by atoms with E-state index in [1.54, 1.807) is 12.4 Å². The molecular formula is C15H21N3O. The fourth-order valence-electron chi connectivity index (χ4n) is 3.62. The third-order valence-corrected chi connectivity index (χ3v) is 4.77. The molecule has 0 aliphatic carbocycles. The number of likely N-dealkylation sites (tertiary alicyclic amines) is 1. The molecule has 3 heterocycles. The number of fused-ring (bicyclic) bond motifs is 1. The molecule has 4 nitrogen and oxygen atoms in total. The standard InChI is InChI=1S/C15H21N3O/c1-15(2)13-9-17-8-12(13)10-18(15)14(19)7-11-3-5-16-6-4-11/h3-6,12-13,17H,7-10H2,1-2H3. The van der Waals surface area contributed by atoms with Crippen LogP contribution in [0.2, 0.25) is 0 Å². The van der Waals surface area contributed by atoms with Crippen LogP contribution in [-0.4, -0.2) is 41.0 Å². The summed E-state index contributed by atoms with van der Waals surface area (Å²) in [7, 11) is 0. The van der Waals surface area contributed by atoms with Crippen LogP contribution in [0.25, 0.3) is 0 Å². The number of carbonyl (C=O) groups excluding carboxylic acids is 1. The van der Waals surface area contributed by atoms with E-state index in [2.05, 4.69) is 29.0 Å². The second-order valence-electron chi connectivity index (χ2n) is 6.22. The topological polar surface area (TPSA) is 45.2 Å². The average Bonchev–Trinajstić information content (AvgIpc) is 2.93. The zero-order valence-electron chi connectivity index (χ0n) is 11.6. The number of nitrogens with one attached hydrogen (secondary N) is 1. The van der Waals surface area contributed by atoms with Crippen LogP contribution in [0.4, 0.5) is 0 Å². The quantitative estimate of drug-likeness (QED) is 0.864. The molecule has 0 spiro atoms. The van der Waals surface area contributed by atoms with Gasteiger partial charge >= 0.3 is 0 Å². The monoisotopic (exact) mass is 259 g/mol. The lowest BCUT2D eigenvalue weighted by molar-refractivity contribution is -0.134. The molecule has 1 aromatic heterocycles. The van der Waals surface area contributed by atoms with Gasteiger partial charge in [0.1, 0.15) is 0 Å². The van der Waals surface area contributed by atoms with E-state index in [0.717, 1.165) is 25.2 Å². The van der Waals surface area contributed by atoms with Gasteiger partial charge in [-0.3, -0.25) is 9.78 Å². The number of amides is 1. The van der Waals surface area contributed by atoms with E-state index in [-0.39, 0.29) is 11.4 Å². The molecule has 1 aromatic rings. The van der Waals surface area contributed by atoms with Gasteiger partial charge in [0.25, 0.3) is 0 Å². The molecule has 2 aliphatic rings. The van der Waals surface area contributed by atoms with Crippen LogP contribution in [0.3, 0.4) is 0 Å². The largest absolute Gasteiger partial charge is 0.337 e. The Kier molecular flexibility index (Phi) is 3.05. The number of pyridine rings is 1. The van der Waals surface area contributed by atoms with Crippen LogP contribution in [-0.2, 0) is 11.2 Å². The molecule has 2 atom stereocenters. The van der Waals surface area contributed by atoms with E-state index in [4.69, 9.17) is 0 Å². The maximum atomic E-state index is 12.5. The summed E-state index contributed by atoms with van der Waals surface area (Å²) in [5.74, 6) is 1.45. The van der Waals surface area contributed by atoms with E-state index in [0.29, 0.717) is 18.3 Å². The molecule has 1 N–H and O–H groups in total. The summed E-state index contributed by atoms with van der Waals surface area (Å²) in [5, 5.41) is 3.44.